The zero-order valence-electron chi connectivity index (χ0n) is 23.3. The largest absolute Gasteiger partial charge is 0.497 e. The van der Waals surface area contributed by atoms with Crippen molar-refractivity contribution in [1.82, 2.24) is 15.2 Å². The molecule has 0 radical (unpaired) electrons. The van der Waals surface area contributed by atoms with Gasteiger partial charge < -0.3 is 19.7 Å². The smallest absolute Gasteiger partial charge is 0.410 e. The first-order chi connectivity index (χ1) is 19.5. The van der Waals surface area contributed by atoms with Crippen molar-refractivity contribution in [1.29, 1.82) is 0 Å². The van der Waals surface area contributed by atoms with Crippen molar-refractivity contribution in [2.24, 2.45) is 0 Å². The Labute approximate surface area is 241 Å². The summed E-state index contributed by atoms with van der Waals surface area (Å²) in [5, 5.41) is 3.08. The molecule has 3 amide bonds. The number of nitrogens with one attached hydrogen (secondary N) is 1. The molecule has 0 spiro atoms. The topological polar surface area (TPSA) is 101 Å². The van der Waals surface area contributed by atoms with Crippen molar-refractivity contribution in [2.45, 2.75) is 51.8 Å². The molecule has 2 heterocycles. The van der Waals surface area contributed by atoms with Crippen LogP contribution in [0.1, 0.15) is 60.0 Å². The number of hydrogen-bond donors (Lipinski definition) is 1. The van der Waals surface area contributed by atoms with Crippen LogP contribution in [0.3, 0.4) is 0 Å². The minimum absolute atomic E-state index is 0.0387. The maximum absolute atomic E-state index is 14.7. The summed E-state index contributed by atoms with van der Waals surface area (Å²) in [6, 6.07) is 9.78. The third kappa shape index (κ3) is 7.37. The van der Waals surface area contributed by atoms with Crippen molar-refractivity contribution < 1.29 is 32.6 Å². The SMILES string of the molecule is COc1ccc(CN(C(=O)c2c(F)cccc2F)c2scnc2C(=O)NC2CCN(C(=O)OC(C)(C)C)CC2)cc1. The number of likely N-dealkylation sites (tertiary alicyclic amines) is 1. The lowest BCUT2D eigenvalue weighted by Crippen LogP contribution is -2.48. The molecule has 0 aliphatic carbocycles. The highest BCUT2D eigenvalue weighted by molar-refractivity contribution is 7.14. The van der Waals surface area contributed by atoms with E-state index in [0.717, 1.165) is 28.4 Å². The van der Waals surface area contributed by atoms with E-state index in [1.165, 1.54) is 18.7 Å². The molecular formula is C29H32F2N4O5S. The van der Waals surface area contributed by atoms with E-state index >= 15 is 0 Å². The van der Waals surface area contributed by atoms with E-state index in [-0.39, 0.29) is 23.3 Å². The highest BCUT2D eigenvalue weighted by Crippen LogP contribution is 2.31. The molecule has 1 N–H and O–H groups in total. The first-order valence-electron chi connectivity index (χ1n) is 13.1. The van der Waals surface area contributed by atoms with E-state index in [1.807, 2.05) is 0 Å². The van der Waals surface area contributed by atoms with Crippen LogP contribution in [0, 0.1) is 11.6 Å². The summed E-state index contributed by atoms with van der Waals surface area (Å²) in [5.74, 6) is -2.90. The number of halogens is 2. The van der Waals surface area contributed by atoms with Gasteiger partial charge in [-0.05, 0) is 63.4 Å². The molecule has 218 valence electrons. The summed E-state index contributed by atoms with van der Waals surface area (Å²) in [5.41, 5.74) is 0.675. The van der Waals surface area contributed by atoms with Gasteiger partial charge in [0, 0.05) is 19.1 Å². The Morgan fingerprint density at radius 3 is 2.29 bits per heavy atom. The standard InChI is InChI=1S/C29H32F2N4O5S/c1-29(2,3)40-28(38)34-14-12-19(13-15-34)33-25(36)24-27(41-17-32-24)35(16-18-8-10-20(39-4)11-9-18)26(37)23-21(30)6-5-7-22(23)31/h5-11,17,19H,12-16H2,1-4H3,(H,33,36). The van der Waals surface area contributed by atoms with Gasteiger partial charge in [-0.15, -0.1) is 11.3 Å². The minimum atomic E-state index is -1.01. The number of nitrogens with zero attached hydrogens (tertiary/aromatic N) is 3. The highest BCUT2D eigenvalue weighted by Gasteiger charge is 2.32. The summed E-state index contributed by atoms with van der Waals surface area (Å²) in [7, 11) is 1.52. The Balaban J connectivity index is 1.54. The first kappa shape index (κ1) is 29.9. The Kier molecular flexibility index (Phi) is 9.21. The molecule has 1 saturated heterocycles. The number of carbonyl (C=O) groups is 3. The second kappa shape index (κ2) is 12.6. The van der Waals surface area contributed by atoms with Gasteiger partial charge in [-0.1, -0.05) is 18.2 Å². The van der Waals surface area contributed by atoms with Crippen LogP contribution in [0.4, 0.5) is 18.6 Å². The number of aromatic nitrogens is 1. The van der Waals surface area contributed by atoms with Gasteiger partial charge in [0.15, 0.2) is 5.69 Å². The Hall–Kier alpha value is -4.06. The summed E-state index contributed by atoms with van der Waals surface area (Å²) < 4.78 is 39.9. The number of ether oxygens (including phenoxy) is 2. The maximum Gasteiger partial charge on any atom is 0.410 e. The fourth-order valence-corrected chi connectivity index (χ4v) is 5.15. The molecule has 1 aliphatic heterocycles. The molecule has 1 fully saturated rings. The lowest BCUT2D eigenvalue weighted by molar-refractivity contribution is 0.0199. The van der Waals surface area contributed by atoms with Gasteiger partial charge in [0.2, 0.25) is 0 Å². The van der Waals surface area contributed by atoms with Crippen LogP contribution in [-0.2, 0) is 11.3 Å². The van der Waals surface area contributed by atoms with Crippen LogP contribution in [0.25, 0.3) is 0 Å². The third-order valence-corrected chi connectivity index (χ3v) is 7.26. The van der Waals surface area contributed by atoms with E-state index in [2.05, 4.69) is 10.3 Å². The molecule has 2 aromatic carbocycles. The molecule has 1 aromatic heterocycles. The van der Waals surface area contributed by atoms with E-state index in [0.29, 0.717) is 37.2 Å². The lowest BCUT2D eigenvalue weighted by Gasteiger charge is -2.33. The van der Waals surface area contributed by atoms with Crippen molar-refractivity contribution >= 4 is 34.2 Å². The van der Waals surface area contributed by atoms with Crippen LogP contribution < -0.4 is 15.0 Å². The summed E-state index contributed by atoms with van der Waals surface area (Å²) in [6.45, 7) is 6.12. The second-order valence-corrected chi connectivity index (χ2v) is 11.4. The number of carbonyl (C=O) groups excluding carboxylic acids is 3. The molecule has 12 heteroatoms. The summed E-state index contributed by atoms with van der Waals surface area (Å²) >= 11 is 1.01. The van der Waals surface area contributed by atoms with Crippen molar-refractivity contribution in [3.63, 3.8) is 0 Å². The molecule has 3 aromatic rings. The van der Waals surface area contributed by atoms with Gasteiger partial charge in [-0.2, -0.15) is 0 Å². The monoisotopic (exact) mass is 586 g/mol. The average Bonchev–Trinajstić information content (AvgIpc) is 3.41. The van der Waals surface area contributed by atoms with Crippen molar-refractivity contribution in [3.8, 4) is 5.75 Å². The van der Waals surface area contributed by atoms with Gasteiger partial charge in [0.25, 0.3) is 11.8 Å². The van der Waals surface area contributed by atoms with E-state index < -0.39 is 40.7 Å². The predicted molar refractivity (Wildman–Crippen MR) is 150 cm³/mol. The lowest BCUT2D eigenvalue weighted by atomic mass is 10.1. The fraction of sp³-hybridized carbons (Fsp3) is 0.379. The van der Waals surface area contributed by atoms with Crippen LogP contribution in [0.2, 0.25) is 0 Å². The Bertz CT molecular complexity index is 1380. The molecule has 4 rings (SSSR count). The quantitative estimate of drug-likeness (QED) is 0.398. The summed E-state index contributed by atoms with van der Waals surface area (Å²) in [4.78, 5) is 46.3. The Morgan fingerprint density at radius 1 is 1.07 bits per heavy atom. The second-order valence-electron chi connectivity index (χ2n) is 10.6. The molecule has 41 heavy (non-hydrogen) atoms. The zero-order valence-corrected chi connectivity index (χ0v) is 24.1. The van der Waals surface area contributed by atoms with Gasteiger partial charge in [-0.3, -0.25) is 14.5 Å². The number of piperidine rings is 1. The third-order valence-electron chi connectivity index (χ3n) is 6.41. The molecular weight excluding hydrogens is 554 g/mol. The van der Waals surface area contributed by atoms with Crippen molar-refractivity contribution in [2.75, 3.05) is 25.1 Å². The molecule has 0 saturated carbocycles. The fourth-order valence-electron chi connectivity index (χ4n) is 4.36. The van der Waals surface area contributed by atoms with Gasteiger partial charge in [0.05, 0.1) is 19.2 Å². The Morgan fingerprint density at radius 2 is 1.71 bits per heavy atom. The number of benzene rings is 2. The van der Waals surface area contributed by atoms with Crippen LogP contribution in [0.5, 0.6) is 5.75 Å². The van der Waals surface area contributed by atoms with Gasteiger partial charge in [0.1, 0.15) is 33.5 Å². The van der Waals surface area contributed by atoms with Crippen LogP contribution in [0.15, 0.2) is 48.0 Å². The van der Waals surface area contributed by atoms with Crippen molar-refractivity contribution in [3.05, 3.63) is 76.4 Å². The van der Waals surface area contributed by atoms with E-state index in [9.17, 15) is 23.2 Å². The van der Waals surface area contributed by atoms with Crippen LogP contribution >= 0.6 is 11.3 Å². The normalized spacial score (nSPS) is 14.0. The molecule has 0 unspecified atom stereocenters. The predicted octanol–water partition coefficient (Wildman–Crippen LogP) is 5.41. The molecule has 0 bridgehead atoms. The molecule has 0 atom stereocenters. The number of thiazole rings is 1. The van der Waals surface area contributed by atoms with Gasteiger partial charge in [-0.25, -0.2) is 18.6 Å². The van der Waals surface area contributed by atoms with E-state index in [1.54, 1.807) is 49.9 Å². The number of amides is 3. The first-order valence-corrected chi connectivity index (χ1v) is 14.0. The molecule has 9 nitrogen and oxygen atoms in total. The number of hydrogen-bond acceptors (Lipinski definition) is 7. The number of rotatable bonds is 7. The van der Waals surface area contributed by atoms with Gasteiger partial charge >= 0.3 is 6.09 Å². The zero-order chi connectivity index (χ0) is 29.7. The summed E-state index contributed by atoms with van der Waals surface area (Å²) in [6.07, 6.45) is 0.593. The van der Waals surface area contributed by atoms with Crippen LogP contribution in [-0.4, -0.2) is 59.6 Å². The minimum Gasteiger partial charge on any atom is -0.497 e. The highest BCUT2D eigenvalue weighted by atomic mass is 32.1. The average molecular weight is 587 g/mol. The maximum atomic E-state index is 14.7. The molecule has 1 aliphatic rings. The number of methoxy groups -OCH3 is 1. The number of anilines is 1. The van der Waals surface area contributed by atoms with E-state index in [4.69, 9.17) is 9.47 Å².